The van der Waals surface area contributed by atoms with Crippen LogP contribution in [0.1, 0.15) is 50.3 Å². The van der Waals surface area contributed by atoms with E-state index in [1.165, 1.54) is 13.3 Å². The fourth-order valence-electron chi connectivity index (χ4n) is 5.04. The van der Waals surface area contributed by atoms with Gasteiger partial charge >= 0.3 is 0 Å². The number of hydrogen-bond donors (Lipinski definition) is 1. The molecule has 0 unspecified atom stereocenters. The largest absolute Gasteiger partial charge is 0.497 e. The molecule has 178 valence electrons. The molecule has 2 atom stereocenters. The van der Waals surface area contributed by atoms with Crippen molar-refractivity contribution in [3.05, 3.63) is 53.6 Å². The fourth-order valence-corrected chi connectivity index (χ4v) is 6.13. The first-order chi connectivity index (χ1) is 15.8. The summed E-state index contributed by atoms with van der Waals surface area (Å²) in [6.07, 6.45) is 4.10. The van der Waals surface area contributed by atoms with Crippen LogP contribution >= 0.6 is 0 Å². The maximum atomic E-state index is 13.2. The third kappa shape index (κ3) is 5.08. The molecule has 4 rings (SSSR count). The zero-order valence-corrected chi connectivity index (χ0v) is 20.4. The number of likely N-dealkylation sites (tertiary alicyclic amines) is 1. The van der Waals surface area contributed by atoms with E-state index in [0.29, 0.717) is 13.0 Å². The van der Waals surface area contributed by atoms with Crippen LogP contribution in [0.3, 0.4) is 0 Å². The van der Waals surface area contributed by atoms with E-state index in [0.717, 1.165) is 48.5 Å². The highest BCUT2D eigenvalue weighted by Crippen LogP contribution is 2.34. The molecule has 2 aliphatic rings. The molecule has 2 aromatic carbocycles. The minimum Gasteiger partial charge on any atom is -0.497 e. The van der Waals surface area contributed by atoms with Gasteiger partial charge in [0, 0.05) is 31.2 Å². The minimum absolute atomic E-state index is 0.0288. The standard InChI is InChI=1S/C25H33N3O4S/c1-18-15-21-16-23(11-12-24(21)28(18)19(2)29)33(30,31)26-17-25(27-13-5-4-6-14-27)20-7-9-22(32-3)10-8-20/h7-12,16,18,25-26H,4-6,13-15,17H2,1-3H3/t18-,25+/m1/s1. The molecule has 2 aromatic rings. The van der Waals surface area contributed by atoms with Crippen LogP contribution in [0.2, 0.25) is 0 Å². The lowest BCUT2D eigenvalue weighted by Gasteiger charge is -2.35. The van der Waals surface area contributed by atoms with Crippen LogP contribution in [-0.4, -0.2) is 52.0 Å². The van der Waals surface area contributed by atoms with Gasteiger partial charge in [-0.3, -0.25) is 9.69 Å². The van der Waals surface area contributed by atoms with Crippen LogP contribution in [0.15, 0.2) is 47.4 Å². The smallest absolute Gasteiger partial charge is 0.240 e. The first kappa shape index (κ1) is 23.7. The molecule has 0 aliphatic carbocycles. The number of carbonyl (C=O) groups is 1. The van der Waals surface area contributed by atoms with Crippen molar-refractivity contribution in [3.8, 4) is 5.75 Å². The summed E-state index contributed by atoms with van der Waals surface area (Å²) in [4.78, 5) is 16.3. The number of carbonyl (C=O) groups excluding carboxylic acids is 1. The third-order valence-electron chi connectivity index (χ3n) is 6.71. The maximum absolute atomic E-state index is 13.2. The van der Waals surface area contributed by atoms with Crippen LogP contribution < -0.4 is 14.4 Å². The van der Waals surface area contributed by atoms with Crippen molar-refractivity contribution in [3.63, 3.8) is 0 Å². The number of nitrogens with zero attached hydrogens (tertiary/aromatic N) is 2. The number of sulfonamides is 1. The van der Waals surface area contributed by atoms with Gasteiger partial charge < -0.3 is 9.64 Å². The Labute approximate surface area is 196 Å². The highest BCUT2D eigenvalue weighted by atomic mass is 32.2. The summed E-state index contributed by atoms with van der Waals surface area (Å²) >= 11 is 0. The molecule has 1 N–H and O–H groups in total. The Bertz CT molecular complexity index is 1100. The molecule has 8 heteroatoms. The zero-order chi connectivity index (χ0) is 23.6. The van der Waals surface area contributed by atoms with E-state index < -0.39 is 10.0 Å². The predicted octanol–water partition coefficient (Wildman–Crippen LogP) is 3.50. The maximum Gasteiger partial charge on any atom is 0.240 e. The molecule has 0 spiro atoms. The molecular weight excluding hydrogens is 438 g/mol. The van der Waals surface area contributed by atoms with E-state index in [9.17, 15) is 13.2 Å². The molecule has 2 aliphatic heterocycles. The zero-order valence-electron chi connectivity index (χ0n) is 19.6. The van der Waals surface area contributed by atoms with Crippen LogP contribution in [-0.2, 0) is 21.2 Å². The molecule has 0 radical (unpaired) electrons. The summed E-state index contributed by atoms with van der Waals surface area (Å²) in [6.45, 7) is 5.72. The number of hydrogen-bond acceptors (Lipinski definition) is 5. The Kier molecular flexibility index (Phi) is 7.07. The quantitative estimate of drug-likeness (QED) is 0.669. The van der Waals surface area contributed by atoms with E-state index in [1.54, 1.807) is 30.2 Å². The van der Waals surface area contributed by atoms with E-state index in [4.69, 9.17) is 4.74 Å². The van der Waals surface area contributed by atoms with Gasteiger partial charge in [-0.2, -0.15) is 0 Å². The molecule has 0 aromatic heterocycles. The summed E-state index contributed by atoms with van der Waals surface area (Å²) in [5.41, 5.74) is 2.77. The Morgan fingerprint density at radius 2 is 1.82 bits per heavy atom. The van der Waals surface area contributed by atoms with Crippen LogP contribution in [0.25, 0.3) is 0 Å². The van der Waals surface area contributed by atoms with Gasteiger partial charge in [0.2, 0.25) is 15.9 Å². The molecule has 1 saturated heterocycles. The topological polar surface area (TPSA) is 79.0 Å². The number of piperidine rings is 1. The highest BCUT2D eigenvalue weighted by Gasteiger charge is 2.31. The fraction of sp³-hybridized carbons (Fsp3) is 0.480. The number of benzene rings is 2. The van der Waals surface area contributed by atoms with Crippen molar-refractivity contribution < 1.29 is 17.9 Å². The van der Waals surface area contributed by atoms with E-state index in [-0.39, 0.29) is 22.9 Å². The minimum atomic E-state index is -3.70. The molecule has 2 heterocycles. The van der Waals surface area contributed by atoms with E-state index in [1.807, 2.05) is 31.2 Å². The van der Waals surface area contributed by atoms with Gasteiger partial charge in [0.15, 0.2) is 0 Å². The molecule has 0 saturated carbocycles. The Balaban J connectivity index is 1.54. The normalized spacial score (nSPS) is 19.8. The second kappa shape index (κ2) is 9.83. The van der Waals surface area contributed by atoms with Crippen LogP contribution in [0.4, 0.5) is 5.69 Å². The Morgan fingerprint density at radius 1 is 1.12 bits per heavy atom. The number of amides is 1. The number of ether oxygens (including phenoxy) is 1. The van der Waals surface area contributed by atoms with Crippen molar-refractivity contribution in [1.82, 2.24) is 9.62 Å². The van der Waals surface area contributed by atoms with Gasteiger partial charge in [0.05, 0.1) is 12.0 Å². The SMILES string of the molecule is COc1ccc([C@H](CNS(=O)(=O)c2ccc3c(c2)C[C@@H](C)N3C(C)=O)N2CCCCC2)cc1. The molecule has 33 heavy (non-hydrogen) atoms. The summed E-state index contributed by atoms with van der Waals surface area (Å²) in [5, 5.41) is 0. The lowest BCUT2D eigenvalue weighted by Crippen LogP contribution is -2.40. The van der Waals surface area contributed by atoms with Crippen molar-refractivity contribution >= 4 is 21.6 Å². The van der Waals surface area contributed by atoms with Crippen molar-refractivity contribution in [2.45, 2.75) is 56.5 Å². The average molecular weight is 472 g/mol. The second-order valence-electron chi connectivity index (χ2n) is 8.97. The first-order valence-electron chi connectivity index (χ1n) is 11.6. The first-order valence-corrected chi connectivity index (χ1v) is 13.1. The number of anilines is 1. The number of nitrogens with one attached hydrogen (secondary N) is 1. The molecule has 7 nitrogen and oxygen atoms in total. The summed E-state index contributed by atoms with van der Waals surface area (Å²) in [6, 6.07) is 12.9. The van der Waals surface area contributed by atoms with E-state index in [2.05, 4.69) is 9.62 Å². The Morgan fingerprint density at radius 3 is 2.45 bits per heavy atom. The second-order valence-corrected chi connectivity index (χ2v) is 10.7. The van der Waals surface area contributed by atoms with Crippen molar-refractivity contribution in [2.75, 3.05) is 31.6 Å². The molecule has 0 bridgehead atoms. The van der Waals surface area contributed by atoms with Crippen LogP contribution in [0.5, 0.6) is 5.75 Å². The van der Waals surface area contributed by atoms with Gasteiger partial charge in [-0.1, -0.05) is 18.6 Å². The lowest BCUT2D eigenvalue weighted by atomic mass is 10.0. The summed E-state index contributed by atoms with van der Waals surface area (Å²) < 4.78 is 34.6. The molecule has 1 amide bonds. The summed E-state index contributed by atoms with van der Waals surface area (Å²) in [7, 11) is -2.06. The van der Waals surface area contributed by atoms with Crippen molar-refractivity contribution in [1.29, 1.82) is 0 Å². The number of rotatable bonds is 7. The third-order valence-corrected chi connectivity index (χ3v) is 8.14. The van der Waals surface area contributed by atoms with Crippen LogP contribution in [0, 0.1) is 0 Å². The molecular formula is C25H33N3O4S. The van der Waals surface area contributed by atoms with Gasteiger partial charge in [-0.05, 0) is 80.7 Å². The van der Waals surface area contributed by atoms with Gasteiger partial charge in [0.25, 0.3) is 0 Å². The molecule has 1 fully saturated rings. The van der Waals surface area contributed by atoms with Gasteiger partial charge in [-0.15, -0.1) is 0 Å². The number of methoxy groups -OCH3 is 1. The number of fused-ring (bicyclic) bond motifs is 1. The predicted molar refractivity (Wildman–Crippen MR) is 129 cm³/mol. The monoisotopic (exact) mass is 471 g/mol. The highest BCUT2D eigenvalue weighted by molar-refractivity contribution is 7.89. The lowest BCUT2D eigenvalue weighted by molar-refractivity contribution is -0.116. The summed E-state index contributed by atoms with van der Waals surface area (Å²) in [5.74, 6) is 0.752. The Hall–Kier alpha value is -2.42. The van der Waals surface area contributed by atoms with Crippen molar-refractivity contribution in [2.24, 2.45) is 0 Å². The van der Waals surface area contributed by atoms with Gasteiger partial charge in [-0.25, -0.2) is 13.1 Å². The van der Waals surface area contributed by atoms with E-state index >= 15 is 0 Å². The van der Waals surface area contributed by atoms with Gasteiger partial charge in [0.1, 0.15) is 5.75 Å². The average Bonchev–Trinajstić information content (AvgIpc) is 3.15.